The maximum absolute atomic E-state index is 14.7. The first-order chi connectivity index (χ1) is 21.6. The highest BCUT2D eigenvalue weighted by Gasteiger charge is 2.54. The van der Waals surface area contributed by atoms with Gasteiger partial charge in [0.25, 0.3) is 0 Å². The number of likely N-dealkylation sites (tertiary alicyclic amines) is 2. The van der Waals surface area contributed by atoms with E-state index in [0.717, 1.165) is 12.7 Å². The van der Waals surface area contributed by atoms with Gasteiger partial charge in [0, 0.05) is 26.4 Å². The van der Waals surface area contributed by atoms with Gasteiger partial charge in [-0.15, -0.1) is 0 Å². The number of hydrogen-bond donors (Lipinski definition) is 3. The Morgan fingerprint density at radius 2 is 1.72 bits per heavy atom. The van der Waals surface area contributed by atoms with Gasteiger partial charge >= 0.3 is 18.0 Å². The van der Waals surface area contributed by atoms with Crippen LogP contribution in [0.1, 0.15) is 65.9 Å². The average molecular weight is 647 g/mol. The molecule has 0 aromatic heterocycles. The van der Waals surface area contributed by atoms with E-state index in [-0.39, 0.29) is 25.9 Å². The van der Waals surface area contributed by atoms with Crippen molar-refractivity contribution in [1.82, 2.24) is 20.4 Å². The van der Waals surface area contributed by atoms with Gasteiger partial charge in [-0.05, 0) is 58.9 Å². The smallest absolute Gasteiger partial charge is 0.408 e. The van der Waals surface area contributed by atoms with Gasteiger partial charge in [0.15, 0.2) is 6.04 Å². The van der Waals surface area contributed by atoms with Crippen LogP contribution in [0.25, 0.3) is 0 Å². The molecule has 1 aromatic rings. The number of aliphatic hydroxyl groups excluding tert-OH is 1. The molecule has 5 atom stereocenters. The molecule has 2 heterocycles. The summed E-state index contributed by atoms with van der Waals surface area (Å²) in [6.07, 6.45) is -0.288. The second-order valence-electron chi connectivity index (χ2n) is 12.6. The van der Waals surface area contributed by atoms with Crippen LogP contribution in [0.2, 0.25) is 0 Å². The SMILES string of the molecule is COC(=O)[C@@H](NC(=O)C1CCCN1C(=O)[C@@]1(Cc2ccccc2)CCCN1C(=O)[C@H](CO)NC(=O)OC(C)(C)C)[C@@H](C)OC(C)=O. The molecule has 4 amide bonds. The topological polar surface area (TPSA) is 181 Å². The number of rotatable bonds is 11. The molecule has 0 saturated carbocycles. The van der Waals surface area contributed by atoms with Crippen molar-refractivity contribution in [2.24, 2.45) is 0 Å². The van der Waals surface area contributed by atoms with E-state index in [1.807, 2.05) is 30.3 Å². The van der Waals surface area contributed by atoms with Crippen molar-refractivity contribution in [2.75, 3.05) is 26.8 Å². The number of hydrogen-bond acceptors (Lipinski definition) is 10. The van der Waals surface area contributed by atoms with Crippen LogP contribution < -0.4 is 10.6 Å². The number of methoxy groups -OCH3 is 1. The third-order valence-corrected chi connectivity index (χ3v) is 8.05. The van der Waals surface area contributed by atoms with Gasteiger partial charge < -0.3 is 39.8 Å². The summed E-state index contributed by atoms with van der Waals surface area (Å²) in [4.78, 5) is 81.7. The molecule has 254 valence electrons. The molecular weight excluding hydrogens is 600 g/mol. The molecule has 2 fully saturated rings. The molecule has 1 unspecified atom stereocenters. The van der Waals surface area contributed by atoms with Gasteiger partial charge in [0.1, 0.15) is 29.3 Å². The highest BCUT2D eigenvalue weighted by Crippen LogP contribution is 2.37. The van der Waals surface area contributed by atoms with Crippen molar-refractivity contribution in [3.63, 3.8) is 0 Å². The normalized spacial score (nSPS) is 21.5. The Hall–Kier alpha value is -4.20. The van der Waals surface area contributed by atoms with E-state index in [9.17, 15) is 33.9 Å². The number of benzene rings is 1. The number of aliphatic hydroxyl groups is 1. The number of ether oxygens (including phenoxy) is 3. The van der Waals surface area contributed by atoms with E-state index in [0.29, 0.717) is 19.3 Å². The summed E-state index contributed by atoms with van der Waals surface area (Å²) in [5.41, 5.74) is -1.50. The first-order valence-electron chi connectivity index (χ1n) is 15.5. The summed E-state index contributed by atoms with van der Waals surface area (Å²) in [6.45, 7) is 7.29. The molecule has 2 aliphatic rings. The van der Waals surface area contributed by atoms with Crippen LogP contribution in [0.15, 0.2) is 30.3 Å². The van der Waals surface area contributed by atoms with Crippen molar-refractivity contribution in [3.8, 4) is 0 Å². The zero-order valence-electron chi connectivity index (χ0n) is 27.4. The van der Waals surface area contributed by atoms with Crippen LogP contribution in [0.4, 0.5) is 4.79 Å². The summed E-state index contributed by atoms with van der Waals surface area (Å²) in [7, 11) is 1.14. The summed E-state index contributed by atoms with van der Waals surface area (Å²) in [5.74, 6) is -3.22. The van der Waals surface area contributed by atoms with E-state index >= 15 is 0 Å². The Bertz CT molecular complexity index is 1280. The van der Waals surface area contributed by atoms with E-state index in [1.54, 1.807) is 20.8 Å². The Kier molecular flexibility index (Phi) is 12.1. The van der Waals surface area contributed by atoms with Crippen molar-refractivity contribution < 1.29 is 48.1 Å². The Labute approximate surface area is 269 Å². The van der Waals surface area contributed by atoms with Crippen molar-refractivity contribution in [1.29, 1.82) is 0 Å². The van der Waals surface area contributed by atoms with Crippen molar-refractivity contribution in [2.45, 2.75) is 102 Å². The lowest BCUT2D eigenvalue weighted by molar-refractivity contribution is -0.158. The lowest BCUT2D eigenvalue weighted by atomic mass is 9.85. The molecule has 1 aromatic carbocycles. The molecule has 14 heteroatoms. The molecule has 3 rings (SSSR count). The lowest BCUT2D eigenvalue weighted by Crippen LogP contribution is -2.65. The number of carbonyl (C=O) groups excluding carboxylic acids is 6. The Morgan fingerprint density at radius 1 is 1.04 bits per heavy atom. The number of nitrogens with one attached hydrogen (secondary N) is 2. The summed E-state index contributed by atoms with van der Waals surface area (Å²) in [5, 5.41) is 15.2. The maximum atomic E-state index is 14.7. The van der Waals surface area contributed by atoms with Crippen molar-refractivity contribution in [3.05, 3.63) is 35.9 Å². The van der Waals surface area contributed by atoms with Crippen LogP contribution in [-0.2, 0) is 44.6 Å². The van der Waals surface area contributed by atoms with Crippen LogP contribution in [0.5, 0.6) is 0 Å². The third-order valence-electron chi connectivity index (χ3n) is 8.05. The summed E-state index contributed by atoms with van der Waals surface area (Å²) >= 11 is 0. The minimum absolute atomic E-state index is 0.127. The van der Waals surface area contributed by atoms with Gasteiger partial charge in [-0.1, -0.05) is 30.3 Å². The fourth-order valence-electron chi connectivity index (χ4n) is 6.06. The molecule has 3 N–H and O–H groups in total. The molecule has 2 saturated heterocycles. The average Bonchev–Trinajstić information content (AvgIpc) is 3.65. The summed E-state index contributed by atoms with van der Waals surface area (Å²) in [6, 6.07) is 5.47. The lowest BCUT2D eigenvalue weighted by Gasteiger charge is -2.42. The number of alkyl carbamates (subject to hydrolysis) is 1. The first-order valence-corrected chi connectivity index (χ1v) is 15.5. The zero-order chi connectivity index (χ0) is 34.2. The Balaban J connectivity index is 1.95. The number of esters is 2. The number of nitrogens with zero attached hydrogens (tertiary/aromatic N) is 2. The molecule has 0 aliphatic carbocycles. The first kappa shape index (κ1) is 36.3. The zero-order valence-corrected chi connectivity index (χ0v) is 27.4. The van der Waals surface area contributed by atoms with Crippen molar-refractivity contribution >= 4 is 35.8 Å². The summed E-state index contributed by atoms with van der Waals surface area (Å²) < 4.78 is 15.2. The van der Waals surface area contributed by atoms with Gasteiger partial charge in [-0.2, -0.15) is 0 Å². The third kappa shape index (κ3) is 8.74. The van der Waals surface area contributed by atoms with E-state index < -0.39 is 77.7 Å². The van der Waals surface area contributed by atoms with Crippen LogP contribution in [0, 0.1) is 0 Å². The molecule has 46 heavy (non-hydrogen) atoms. The molecule has 2 aliphatic heterocycles. The predicted octanol–water partition coefficient (Wildman–Crippen LogP) is 1.08. The van der Waals surface area contributed by atoms with Crippen LogP contribution in [-0.4, -0.2) is 113 Å². The maximum Gasteiger partial charge on any atom is 0.408 e. The van der Waals surface area contributed by atoms with Gasteiger partial charge in [0.05, 0.1) is 13.7 Å². The largest absolute Gasteiger partial charge is 0.467 e. The van der Waals surface area contributed by atoms with Crippen LogP contribution in [0.3, 0.4) is 0 Å². The fraction of sp³-hybridized carbons (Fsp3) is 0.625. The molecule has 0 spiro atoms. The number of carbonyl (C=O) groups is 6. The monoisotopic (exact) mass is 646 g/mol. The standard InChI is InChI=1S/C32H46N4O10/c1-20(45-21(2)38)25(28(41)44-6)34-26(39)24-14-10-16-35(24)29(42)32(18-22-12-8-7-9-13-22)15-11-17-36(32)27(40)23(19-37)33-30(43)46-31(3,4)5/h7-9,12-13,20,23-25,37H,10-11,14-19H2,1-6H3,(H,33,43)(H,34,39)/t20-,23+,24?,25+,32+/m1/s1. The quantitative estimate of drug-likeness (QED) is 0.233. The molecule has 0 bridgehead atoms. The van der Waals surface area contributed by atoms with Gasteiger partial charge in [-0.25, -0.2) is 9.59 Å². The van der Waals surface area contributed by atoms with Crippen LogP contribution >= 0.6 is 0 Å². The minimum atomic E-state index is -1.43. The Morgan fingerprint density at radius 3 is 2.30 bits per heavy atom. The molecule has 14 nitrogen and oxygen atoms in total. The highest BCUT2D eigenvalue weighted by molar-refractivity contribution is 5.98. The van der Waals surface area contributed by atoms with Gasteiger partial charge in [0.2, 0.25) is 17.7 Å². The van der Waals surface area contributed by atoms with E-state index in [2.05, 4.69) is 10.6 Å². The van der Waals surface area contributed by atoms with E-state index in [4.69, 9.17) is 14.2 Å². The number of amides is 4. The van der Waals surface area contributed by atoms with E-state index in [1.165, 1.54) is 23.6 Å². The highest BCUT2D eigenvalue weighted by atomic mass is 16.6. The fourth-order valence-corrected chi connectivity index (χ4v) is 6.06. The molecular formula is C32H46N4O10. The minimum Gasteiger partial charge on any atom is -0.467 e. The predicted molar refractivity (Wildman–Crippen MR) is 164 cm³/mol. The molecule has 0 radical (unpaired) electrons. The second kappa shape index (κ2) is 15.4. The second-order valence-corrected chi connectivity index (χ2v) is 12.6. The van der Waals surface area contributed by atoms with Gasteiger partial charge in [-0.3, -0.25) is 19.2 Å².